The SMILES string of the molecule is C=C1/C=C(Br)\C=C/CCC(CC)(CCC=O)C1=O. The molecule has 0 bridgehead atoms. The Kier molecular flexibility index (Phi) is 5.73. The van der Waals surface area contributed by atoms with Crippen LogP contribution in [0.3, 0.4) is 0 Å². The van der Waals surface area contributed by atoms with Crippen LogP contribution in [0.15, 0.2) is 34.9 Å². The molecule has 3 heteroatoms. The van der Waals surface area contributed by atoms with Crippen molar-refractivity contribution in [2.45, 2.75) is 39.0 Å². The lowest BCUT2D eigenvalue weighted by Gasteiger charge is -2.30. The van der Waals surface area contributed by atoms with Crippen LogP contribution in [0.5, 0.6) is 0 Å². The molecule has 0 saturated heterocycles. The zero-order valence-corrected chi connectivity index (χ0v) is 12.3. The van der Waals surface area contributed by atoms with Crippen LogP contribution in [0.25, 0.3) is 0 Å². The molecule has 0 amide bonds. The Balaban J connectivity index is 3.07. The van der Waals surface area contributed by atoms with E-state index in [1.165, 1.54) is 0 Å². The molecule has 2 nitrogen and oxygen atoms in total. The van der Waals surface area contributed by atoms with Gasteiger partial charge in [0.2, 0.25) is 0 Å². The van der Waals surface area contributed by atoms with Crippen molar-refractivity contribution < 1.29 is 9.59 Å². The highest BCUT2D eigenvalue weighted by Gasteiger charge is 2.36. The van der Waals surface area contributed by atoms with Crippen molar-refractivity contribution >= 4 is 28.0 Å². The molecule has 0 fully saturated rings. The molecule has 1 atom stereocenters. The van der Waals surface area contributed by atoms with E-state index in [4.69, 9.17) is 0 Å². The lowest BCUT2D eigenvalue weighted by atomic mass is 9.71. The standard InChI is InChI=1S/C15H19BrO2/c1-3-15(9-6-10-17)8-5-4-7-13(16)11-12(2)14(15)18/h4,7,10-11H,2-3,5-6,8-9H2,1H3/b7-4-,13-11+. The summed E-state index contributed by atoms with van der Waals surface area (Å²) in [6.45, 7) is 5.87. The van der Waals surface area contributed by atoms with Gasteiger partial charge in [0.25, 0.3) is 0 Å². The minimum absolute atomic E-state index is 0.0764. The van der Waals surface area contributed by atoms with Gasteiger partial charge in [-0.25, -0.2) is 0 Å². The van der Waals surface area contributed by atoms with E-state index in [0.29, 0.717) is 18.4 Å². The number of carbonyl (C=O) groups is 2. The quantitative estimate of drug-likeness (QED) is 0.578. The minimum atomic E-state index is -0.434. The van der Waals surface area contributed by atoms with Gasteiger partial charge < -0.3 is 4.79 Å². The highest BCUT2D eigenvalue weighted by molar-refractivity contribution is 9.11. The summed E-state index contributed by atoms with van der Waals surface area (Å²) < 4.78 is 0.864. The second-order valence-electron chi connectivity index (χ2n) is 4.66. The predicted octanol–water partition coefficient (Wildman–Crippen LogP) is 4.12. The van der Waals surface area contributed by atoms with E-state index in [1.807, 2.05) is 13.0 Å². The maximum Gasteiger partial charge on any atom is 0.168 e. The van der Waals surface area contributed by atoms with Crippen molar-refractivity contribution in [3.8, 4) is 0 Å². The van der Waals surface area contributed by atoms with Crippen molar-refractivity contribution in [2.75, 3.05) is 0 Å². The first-order valence-electron chi connectivity index (χ1n) is 6.27. The van der Waals surface area contributed by atoms with Crippen molar-refractivity contribution in [3.63, 3.8) is 0 Å². The zero-order valence-electron chi connectivity index (χ0n) is 10.7. The van der Waals surface area contributed by atoms with Gasteiger partial charge in [-0.3, -0.25) is 4.79 Å². The summed E-state index contributed by atoms with van der Waals surface area (Å²) in [5.41, 5.74) is 0.0809. The van der Waals surface area contributed by atoms with E-state index in [-0.39, 0.29) is 5.78 Å². The van der Waals surface area contributed by atoms with Gasteiger partial charge in [-0.15, -0.1) is 0 Å². The third kappa shape index (κ3) is 3.52. The molecule has 0 saturated carbocycles. The van der Waals surface area contributed by atoms with E-state index in [1.54, 1.807) is 6.08 Å². The van der Waals surface area contributed by atoms with Gasteiger partial charge in [0.05, 0.1) is 0 Å². The van der Waals surface area contributed by atoms with Gasteiger partial charge in [-0.1, -0.05) is 41.6 Å². The largest absolute Gasteiger partial charge is 0.303 e. The average Bonchev–Trinajstić information content (AvgIpc) is 2.41. The number of halogens is 1. The summed E-state index contributed by atoms with van der Waals surface area (Å²) in [7, 11) is 0. The Morgan fingerprint density at radius 3 is 2.89 bits per heavy atom. The molecule has 0 aromatic heterocycles. The van der Waals surface area contributed by atoms with Gasteiger partial charge >= 0.3 is 0 Å². The molecule has 0 N–H and O–H groups in total. The van der Waals surface area contributed by atoms with Gasteiger partial charge in [0, 0.05) is 21.9 Å². The Hall–Kier alpha value is -0.960. The van der Waals surface area contributed by atoms with Gasteiger partial charge in [-0.05, 0) is 31.8 Å². The minimum Gasteiger partial charge on any atom is -0.303 e. The van der Waals surface area contributed by atoms with Crippen LogP contribution in [-0.4, -0.2) is 12.1 Å². The number of hydrogen-bond donors (Lipinski definition) is 0. The molecule has 0 radical (unpaired) electrons. The monoisotopic (exact) mass is 310 g/mol. The van der Waals surface area contributed by atoms with Gasteiger partial charge in [0.15, 0.2) is 5.78 Å². The normalized spacial score (nSPS) is 29.8. The molecule has 1 unspecified atom stereocenters. The van der Waals surface area contributed by atoms with Crippen LogP contribution in [0.4, 0.5) is 0 Å². The van der Waals surface area contributed by atoms with E-state index in [9.17, 15) is 9.59 Å². The second kappa shape index (κ2) is 6.83. The molecule has 0 heterocycles. The first-order chi connectivity index (χ1) is 8.55. The molecule has 98 valence electrons. The highest BCUT2D eigenvalue weighted by Crippen LogP contribution is 2.38. The molecule has 0 aromatic carbocycles. The molecular weight excluding hydrogens is 292 g/mol. The van der Waals surface area contributed by atoms with Crippen LogP contribution in [0, 0.1) is 5.41 Å². The van der Waals surface area contributed by atoms with Crippen molar-refractivity contribution in [3.05, 3.63) is 34.9 Å². The van der Waals surface area contributed by atoms with E-state index in [0.717, 1.165) is 30.0 Å². The Labute approximate surface area is 117 Å². The average molecular weight is 311 g/mol. The molecule has 0 aliphatic heterocycles. The van der Waals surface area contributed by atoms with Crippen LogP contribution in [0.2, 0.25) is 0 Å². The summed E-state index contributed by atoms with van der Waals surface area (Å²) in [5, 5.41) is 0. The van der Waals surface area contributed by atoms with Crippen LogP contribution < -0.4 is 0 Å². The summed E-state index contributed by atoms with van der Waals surface area (Å²) in [5.74, 6) is 0.0764. The molecule has 1 aliphatic rings. The Morgan fingerprint density at radius 1 is 1.56 bits per heavy atom. The predicted molar refractivity (Wildman–Crippen MR) is 77.6 cm³/mol. The molecule has 0 spiro atoms. The Morgan fingerprint density at radius 2 is 2.28 bits per heavy atom. The molecule has 18 heavy (non-hydrogen) atoms. The number of Topliss-reactive ketones (excluding diaryl/α,β-unsaturated/α-hetero) is 1. The third-order valence-corrected chi connectivity index (χ3v) is 4.06. The summed E-state index contributed by atoms with van der Waals surface area (Å²) >= 11 is 3.39. The number of ketones is 1. The van der Waals surface area contributed by atoms with E-state index >= 15 is 0 Å². The van der Waals surface area contributed by atoms with Crippen LogP contribution >= 0.6 is 15.9 Å². The number of allylic oxidation sites excluding steroid dienone is 5. The van der Waals surface area contributed by atoms with Crippen molar-refractivity contribution in [1.82, 2.24) is 0 Å². The maximum absolute atomic E-state index is 12.5. The van der Waals surface area contributed by atoms with E-state index in [2.05, 4.69) is 28.6 Å². The summed E-state index contributed by atoms with van der Waals surface area (Å²) in [6, 6.07) is 0. The lowest BCUT2D eigenvalue weighted by Crippen LogP contribution is -2.31. The van der Waals surface area contributed by atoms with Crippen molar-refractivity contribution in [1.29, 1.82) is 0 Å². The molecule has 1 rings (SSSR count). The second-order valence-corrected chi connectivity index (χ2v) is 5.58. The Bertz CT molecular complexity index is 407. The van der Waals surface area contributed by atoms with Crippen molar-refractivity contribution in [2.24, 2.45) is 5.41 Å². The summed E-state index contributed by atoms with van der Waals surface area (Å²) in [4.78, 5) is 23.1. The highest BCUT2D eigenvalue weighted by atomic mass is 79.9. The van der Waals surface area contributed by atoms with Crippen LogP contribution in [0.1, 0.15) is 39.0 Å². The number of carbonyl (C=O) groups excluding carboxylic acids is 2. The molecule has 0 aromatic rings. The molecule has 1 aliphatic carbocycles. The number of hydrogen-bond acceptors (Lipinski definition) is 2. The number of aldehydes is 1. The number of rotatable bonds is 4. The van der Waals surface area contributed by atoms with Gasteiger partial charge in [-0.2, -0.15) is 0 Å². The lowest BCUT2D eigenvalue weighted by molar-refractivity contribution is -0.125. The topological polar surface area (TPSA) is 34.1 Å². The fourth-order valence-corrected chi connectivity index (χ4v) is 2.84. The van der Waals surface area contributed by atoms with E-state index < -0.39 is 5.41 Å². The van der Waals surface area contributed by atoms with Gasteiger partial charge in [0.1, 0.15) is 6.29 Å². The smallest absolute Gasteiger partial charge is 0.168 e. The fraction of sp³-hybridized carbons (Fsp3) is 0.467. The van der Waals surface area contributed by atoms with Crippen LogP contribution in [-0.2, 0) is 9.59 Å². The first kappa shape index (κ1) is 15.1. The first-order valence-corrected chi connectivity index (χ1v) is 7.06. The zero-order chi connectivity index (χ0) is 13.6. The molecular formula is C15H19BrO2. The summed E-state index contributed by atoms with van der Waals surface area (Å²) in [6.07, 6.45) is 10.1. The fourth-order valence-electron chi connectivity index (χ4n) is 2.38. The third-order valence-electron chi connectivity index (χ3n) is 3.57. The maximum atomic E-state index is 12.5.